The molecule has 2 atom stereocenters. The highest BCUT2D eigenvalue weighted by molar-refractivity contribution is 5.85. The quantitative estimate of drug-likeness (QED) is 0.809. The molecule has 4 heteroatoms. The number of hydrogen-bond donors (Lipinski definition) is 1. The van der Waals surface area contributed by atoms with Crippen molar-refractivity contribution >= 4 is 11.9 Å². The van der Waals surface area contributed by atoms with Gasteiger partial charge in [0.15, 0.2) is 0 Å². The van der Waals surface area contributed by atoms with Crippen molar-refractivity contribution in [3.8, 4) is 0 Å². The van der Waals surface area contributed by atoms with Gasteiger partial charge in [0.05, 0.1) is 5.41 Å². The number of nitrogens with zero attached hydrogens (tertiary/aromatic N) is 1. The maximum absolute atomic E-state index is 12.6. The Labute approximate surface area is 121 Å². The van der Waals surface area contributed by atoms with Crippen LogP contribution in [0.25, 0.3) is 0 Å². The maximum Gasteiger partial charge on any atom is 0.310 e. The fourth-order valence-electron chi connectivity index (χ4n) is 3.91. The Bertz CT molecular complexity index is 372. The normalized spacial score (nSPS) is 30.0. The highest BCUT2D eigenvalue weighted by atomic mass is 16.4. The molecule has 2 unspecified atom stereocenters. The van der Waals surface area contributed by atoms with Crippen molar-refractivity contribution in [3.63, 3.8) is 0 Å². The van der Waals surface area contributed by atoms with E-state index in [2.05, 4.69) is 13.8 Å². The molecule has 4 nitrogen and oxygen atoms in total. The molecule has 0 spiro atoms. The summed E-state index contributed by atoms with van der Waals surface area (Å²) >= 11 is 0. The van der Waals surface area contributed by atoms with Gasteiger partial charge in [-0.2, -0.15) is 0 Å². The second-order valence-corrected chi connectivity index (χ2v) is 6.91. The highest BCUT2D eigenvalue weighted by Gasteiger charge is 2.43. The molecule has 1 aliphatic carbocycles. The molecule has 2 fully saturated rings. The lowest BCUT2D eigenvalue weighted by molar-refractivity contribution is -0.155. The third-order valence-electron chi connectivity index (χ3n) is 5.11. The summed E-state index contributed by atoms with van der Waals surface area (Å²) in [5.41, 5.74) is -0.806. The minimum Gasteiger partial charge on any atom is -0.481 e. The van der Waals surface area contributed by atoms with Crippen LogP contribution in [-0.2, 0) is 9.59 Å². The standard InChI is InChI=1S/C16H27NO3/c1-12-9-13(2)17(11-12)14(18)10-16(15(19)20)7-5-3-4-6-8-16/h12-13H,3-11H2,1-2H3,(H,19,20). The third kappa shape index (κ3) is 3.15. The molecule has 2 rings (SSSR count). The van der Waals surface area contributed by atoms with Crippen molar-refractivity contribution in [1.82, 2.24) is 4.90 Å². The Morgan fingerprint density at radius 1 is 1.15 bits per heavy atom. The second-order valence-electron chi connectivity index (χ2n) is 6.91. The minimum atomic E-state index is -0.806. The van der Waals surface area contributed by atoms with Crippen molar-refractivity contribution in [2.24, 2.45) is 11.3 Å². The zero-order chi connectivity index (χ0) is 14.8. The number of carbonyl (C=O) groups excluding carboxylic acids is 1. The monoisotopic (exact) mass is 281 g/mol. The smallest absolute Gasteiger partial charge is 0.310 e. The van der Waals surface area contributed by atoms with Crippen molar-refractivity contribution in [2.75, 3.05) is 6.54 Å². The van der Waals surface area contributed by atoms with Crippen LogP contribution in [0, 0.1) is 11.3 Å². The molecule has 0 aromatic carbocycles. The van der Waals surface area contributed by atoms with Gasteiger partial charge in [-0.3, -0.25) is 9.59 Å². The summed E-state index contributed by atoms with van der Waals surface area (Å²) in [4.78, 5) is 26.2. The molecule has 1 saturated carbocycles. The average molecular weight is 281 g/mol. The van der Waals surface area contributed by atoms with Crippen LogP contribution in [0.3, 0.4) is 0 Å². The first-order valence-electron chi connectivity index (χ1n) is 7.97. The van der Waals surface area contributed by atoms with E-state index in [1.807, 2.05) is 4.90 Å². The topological polar surface area (TPSA) is 57.6 Å². The van der Waals surface area contributed by atoms with E-state index < -0.39 is 11.4 Å². The maximum atomic E-state index is 12.6. The third-order valence-corrected chi connectivity index (χ3v) is 5.11. The SMILES string of the molecule is CC1CC(C)N(C(=O)CC2(C(=O)O)CCCCCC2)C1. The van der Waals surface area contributed by atoms with Crippen molar-refractivity contribution in [1.29, 1.82) is 0 Å². The number of carboxylic acid groups (broad SMARTS) is 1. The first-order chi connectivity index (χ1) is 9.44. The molecule has 0 bridgehead atoms. The van der Waals surface area contributed by atoms with E-state index in [-0.39, 0.29) is 18.4 Å². The number of aliphatic carboxylic acids is 1. The van der Waals surface area contributed by atoms with Gasteiger partial charge in [0.2, 0.25) is 5.91 Å². The van der Waals surface area contributed by atoms with Crippen LogP contribution >= 0.6 is 0 Å². The van der Waals surface area contributed by atoms with Crippen LogP contribution in [-0.4, -0.2) is 34.5 Å². The summed E-state index contributed by atoms with van der Waals surface area (Å²) in [5.74, 6) is -0.192. The zero-order valence-corrected chi connectivity index (χ0v) is 12.7. The largest absolute Gasteiger partial charge is 0.481 e. The summed E-state index contributed by atoms with van der Waals surface area (Å²) in [6.07, 6.45) is 6.61. The van der Waals surface area contributed by atoms with Crippen LogP contribution < -0.4 is 0 Å². The summed E-state index contributed by atoms with van der Waals surface area (Å²) in [7, 11) is 0. The van der Waals surface area contributed by atoms with Crippen LogP contribution in [0.5, 0.6) is 0 Å². The van der Waals surface area contributed by atoms with Crippen molar-refractivity contribution in [3.05, 3.63) is 0 Å². The van der Waals surface area contributed by atoms with Gasteiger partial charge in [-0.05, 0) is 32.1 Å². The molecular formula is C16H27NO3. The lowest BCUT2D eigenvalue weighted by Crippen LogP contribution is -2.41. The molecule has 1 aliphatic heterocycles. The Balaban J connectivity index is 2.08. The number of carboxylic acids is 1. The lowest BCUT2D eigenvalue weighted by Gasteiger charge is -2.31. The highest BCUT2D eigenvalue weighted by Crippen LogP contribution is 2.39. The Hall–Kier alpha value is -1.06. The predicted octanol–water partition coefficient (Wildman–Crippen LogP) is 3.06. The summed E-state index contributed by atoms with van der Waals surface area (Å²) in [5, 5.41) is 9.65. The van der Waals surface area contributed by atoms with Crippen LogP contribution in [0.15, 0.2) is 0 Å². The molecule has 114 valence electrons. The van der Waals surface area contributed by atoms with Gasteiger partial charge in [0.25, 0.3) is 0 Å². The zero-order valence-electron chi connectivity index (χ0n) is 12.7. The van der Waals surface area contributed by atoms with E-state index >= 15 is 0 Å². The minimum absolute atomic E-state index is 0.0474. The van der Waals surface area contributed by atoms with Crippen LogP contribution in [0.2, 0.25) is 0 Å². The van der Waals surface area contributed by atoms with Gasteiger partial charge in [-0.25, -0.2) is 0 Å². The van der Waals surface area contributed by atoms with Gasteiger partial charge in [0.1, 0.15) is 0 Å². The number of likely N-dealkylation sites (tertiary alicyclic amines) is 1. The fourth-order valence-corrected chi connectivity index (χ4v) is 3.91. The average Bonchev–Trinajstić information content (AvgIpc) is 2.60. The molecule has 1 N–H and O–H groups in total. The van der Waals surface area contributed by atoms with Crippen LogP contribution in [0.4, 0.5) is 0 Å². The second kappa shape index (κ2) is 6.15. The lowest BCUT2D eigenvalue weighted by atomic mass is 9.77. The molecule has 1 amide bonds. The number of amides is 1. The fraction of sp³-hybridized carbons (Fsp3) is 0.875. The molecule has 0 aromatic rings. The van der Waals surface area contributed by atoms with Gasteiger partial charge in [-0.1, -0.05) is 32.6 Å². The van der Waals surface area contributed by atoms with E-state index in [1.54, 1.807) is 0 Å². The predicted molar refractivity (Wildman–Crippen MR) is 77.3 cm³/mol. The Kier molecular flexibility index (Phi) is 4.71. The van der Waals surface area contributed by atoms with Gasteiger partial charge >= 0.3 is 5.97 Å². The van der Waals surface area contributed by atoms with E-state index in [0.29, 0.717) is 18.8 Å². The summed E-state index contributed by atoms with van der Waals surface area (Å²) in [6.45, 7) is 5.01. The molecule has 2 aliphatic rings. The van der Waals surface area contributed by atoms with Crippen molar-refractivity contribution in [2.45, 2.75) is 71.3 Å². The molecule has 0 aromatic heterocycles. The number of rotatable bonds is 3. The van der Waals surface area contributed by atoms with Crippen LogP contribution in [0.1, 0.15) is 65.2 Å². The van der Waals surface area contributed by atoms with Gasteiger partial charge in [-0.15, -0.1) is 0 Å². The first kappa shape index (κ1) is 15.3. The molecule has 1 saturated heterocycles. The van der Waals surface area contributed by atoms with Gasteiger partial charge in [0, 0.05) is 19.0 Å². The number of carbonyl (C=O) groups is 2. The summed E-state index contributed by atoms with van der Waals surface area (Å²) in [6, 6.07) is 0.258. The molecule has 20 heavy (non-hydrogen) atoms. The van der Waals surface area contributed by atoms with E-state index in [1.165, 1.54) is 0 Å². The summed E-state index contributed by atoms with van der Waals surface area (Å²) < 4.78 is 0. The van der Waals surface area contributed by atoms with E-state index in [4.69, 9.17) is 0 Å². The molecular weight excluding hydrogens is 254 g/mol. The molecule has 1 heterocycles. The van der Waals surface area contributed by atoms with Gasteiger partial charge < -0.3 is 10.0 Å². The molecule has 0 radical (unpaired) electrons. The first-order valence-corrected chi connectivity index (χ1v) is 7.97. The van der Waals surface area contributed by atoms with E-state index in [0.717, 1.165) is 38.6 Å². The van der Waals surface area contributed by atoms with Crippen molar-refractivity contribution < 1.29 is 14.7 Å². The Morgan fingerprint density at radius 3 is 2.20 bits per heavy atom. The Morgan fingerprint density at radius 2 is 1.75 bits per heavy atom. The number of hydrogen-bond acceptors (Lipinski definition) is 2. The van der Waals surface area contributed by atoms with E-state index in [9.17, 15) is 14.7 Å².